The zero-order chi connectivity index (χ0) is 25.7. The molecule has 0 aromatic heterocycles. The Kier molecular flexibility index (Phi) is 14.4. The molecule has 0 radical (unpaired) electrons. The maximum atomic E-state index is 2.35. The summed E-state index contributed by atoms with van der Waals surface area (Å²) in [6, 6.07) is 29.3. The molecule has 0 N–H and O–H groups in total. The molecule has 206 valence electrons. The van der Waals surface area contributed by atoms with E-state index in [1.54, 1.807) is 25.7 Å². The molecule has 0 spiro atoms. The van der Waals surface area contributed by atoms with Crippen molar-refractivity contribution in [3.63, 3.8) is 0 Å². The lowest BCUT2D eigenvalue weighted by Crippen LogP contribution is -2.20. The molecule has 0 heterocycles. The van der Waals surface area contributed by atoms with Crippen LogP contribution in [0.1, 0.15) is 102 Å². The van der Waals surface area contributed by atoms with Gasteiger partial charge in [0, 0.05) is 0 Å². The maximum absolute atomic E-state index is 2.35. The van der Waals surface area contributed by atoms with E-state index in [0.717, 1.165) is 11.8 Å². The average molecular weight is 641 g/mol. The predicted molar refractivity (Wildman–Crippen MR) is 182 cm³/mol. The largest absolute Gasteiger partial charge is 0.107 e. The van der Waals surface area contributed by atoms with Crippen LogP contribution >= 0.6 is 31.9 Å². The second-order valence-electron chi connectivity index (χ2n) is 11.4. The number of aryl methyl sites for hydroxylation is 2. The average Bonchev–Trinajstić information content (AvgIpc) is 2.97. The molecule has 3 aromatic carbocycles. The first-order valence-electron chi connectivity index (χ1n) is 15.3. The summed E-state index contributed by atoms with van der Waals surface area (Å²) in [7, 11) is -0.487. The fourth-order valence-corrected chi connectivity index (χ4v) is 8.58. The van der Waals surface area contributed by atoms with Crippen LogP contribution in [0.5, 0.6) is 0 Å². The molecule has 5 rings (SSSR count). The van der Waals surface area contributed by atoms with Crippen molar-refractivity contribution in [2.75, 3.05) is 0 Å². The summed E-state index contributed by atoms with van der Waals surface area (Å²) in [4.78, 5) is 0. The maximum Gasteiger partial charge on any atom is -0.0134 e. The molecule has 38 heavy (non-hydrogen) atoms. The van der Waals surface area contributed by atoms with E-state index in [4.69, 9.17) is 0 Å². The smallest absolute Gasteiger partial charge is 0.0134 e. The summed E-state index contributed by atoms with van der Waals surface area (Å²) in [5.74, 6) is 2.28. The number of unbranched alkanes of at least 4 members (excludes halogenated alkanes) is 2. The quantitative estimate of drug-likeness (QED) is 0.131. The summed E-state index contributed by atoms with van der Waals surface area (Å²) in [6.45, 7) is 4.41. The summed E-state index contributed by atoms with van der Waals surface area (Å²) < 4.78 is 0. The Balaban J connectivity index is 0.000000258. The lowest BCUT2D eigenvalue weighted by Gasteiger charge is -2.32. The van der Waals surface area contributed by atoms with E-state index in [1.807, 2.05) is 0 Å². The molecule has 0 bridgehead atoms. The summed E-state index contributed by atoms with van der Waals surface area (Å²) in [5.41, 5.74) is 2.78. The van der Waals surface area contributed by atoms with Gasteiger partial charge in [-0.25, -0.2) is 0 Å². The first-order valence-corrected chi connectivity index (χ1v) is 16.6. The van der Waals surface area contributed by atoms with E-state index in [-0.39, 0.29) is 24.0 Å². The van der Waals surface area contributed by atoms with E-state index in [0.29, 0.717) is 0 Å². The number of benzene rings is 3. The predicted octanol–water partition coefficient (Wildman–Crippen LogP) is 10.3. The zero-order valence-corrected chi connectivity index (χ0v) is 27.1. The Morgan fingerprint density at radius 3 is 1.55 bits per heavy atom. The van der Waals surface area contributed by atoms with Crippen LogP contribution < -0.4 is 15.9 Å². The van der Waals surface area contributed by atoms with Gasteiger partial charge in [0.15, 0.2) is 0 Å². The van der Waals surface area contributed by atoms with Crippen molar-refractivity contribution < 1.29 is 0 Å². The highest BCUT2D eigenvalue weighted by Gasteiger charge is 2.24. The van der Waals surface area contributed by atoms with Gasteiger partial charge in [-0.05, 0) is 61.0 Å². The van der Waals surface area contributed by atoms with Gasteiger partial charge in [0.2, 0.25) is 0 Å². The minimum Gasteiger partial charge on any atom is -0.107 e. The fourth-order valence-electron chi connectivity index (χ4n) is 6.32. The first kappa shape index (κ1) is 31.3. The minimum atomic E-state index is -0.487. The van der Waals surface area contributed by atoms with Crippen molar-refractivity contribution in [1.82, 2.24) is 0 Å². The van der Waals surface area contributed by atoms with Gasteiger partial charge in [-0.2, -0.15) is 0 Å². The molecule has 2 saturated carbocycles. The third-order valence-corrected chi connectivity index (χ3v) is 11.0. The van der Waals surface area contributed by atoms with Crippen molar-refractivity contribution >= 4 is 47.8 Å². The van der Waals surface area contributed by atoms with Gasteiger partial charge in [-0.3, -0.25) is 0 Å². The van der Waals surface area contributed by atoms with Gasteiger partial charge < -0.3 is 0 Å². The first-order chi connectivity index (χ1) is 18.2. The Bertz CT molecular complexity index is 983. The number of rotatable bonds is 8. The second-order valence-corrected chi connectivity index (χ2v) is 13.6. The molecule has 0 nitrogen and oxygen atoms in total. The van der Waals surface area contributed by atoms with Crippen LogP contribution in [0.25, 0.3) is 0 Å². The lowest BCUT2D eigenvalue weighted by atomic mass is 9.73. The van der Waals surface area contributed by atoms with Crippen molar-refractivity contribution in [3.05, 3.63) is 90.0 Å². The van der Waals surface area contributed by atoms with E-state index in [9.17, 15) is 0 Å². The molecule has 2 aliphatic rings. The molecule has 0 amide bonds. The van der Waals surface area contributed by atoms with Crippen LogP contribution in [0.4, 0.5) is 0 Å². The second kappa shape index (κ2) is 17.5. The molecule has 3 aromatic rings. The molecule has 2 fully saturated rings. The Morgan fingerprint density at radius 2 is 1.05 bits per heavy atom. The third kappa shape index (κ3) is 9.78. The van der Waals surface area contributed by atoms with Crippen LogP contribution in [-0.2, 0) is 6.42 Å². The van der Waals surface area contributed by atoms with E-state index in [2.05, 4.69) is 92.7 Å². The molecule has 0 saturated heterocycles. The SMILES string of the molecule is C1CCC(C2CCCCC2)CC1.CCCCCc1ccc(P(c2ccccc2)c2ccc(C)cc2)cc1.I. The van der Waals surface area contributed by atoms with Crippen molar-refractivity contribution in [2.45, 2.75) is 104 Å². The highest BCUT2D eigenvalue weighted by atomic mass is 127. The van der Waals surface area contributed by atoms with Crippen LogP contribution in [0.2, 0.25) is 0 Å². The van der Waals surface area contributed by atoms with Gasteiger partial charge in [0.25, 0.3) is 0 Å². The van der Waals surface area contributed by atoms with Crippen LogP contribution in [-0.4, -0.2) is 0 Å². The van der Waals surface area contributed by atoms with Gasteiger partial charge in [0.1, 0.15) is 0 Å². The van der Waals surface area contributed by atoms with Crippen LogP contribution in [0.3, 0.4) is 0 Å². The summed E-state index contributed by atoms with van der Waals surface area (Å²) in [6.07, 6.45) is 20.5. The molecule has 0 aliphatic heterocycles. The van der Waals surface area contributed by atoms with Crippen molar-refractivity contribution in [1.29, 1.82) is 0 Å². The van der Waals surface area contributed by atoms with Crippen LogP contribution in [0.15, 0.2) is 78.9 Å². The normalized spacial score (nSPS) is 17.1. The van der Waals surface area contributed by atoms with Gasteiger partial charge in [0.05, 0.1) is 0 Å². The zero-order valence-electron chi connectivity index (χ0n) is 23.9. The van der Waals surface area contributed by atoms with E-state index < -0.39 is 7.92 Å². The Labute approximate surface area is 252 Å². The summed E-state index contributed by atoms with van der Waals surface area (Å²) in [5, 5.41) is 4.27. The topological polar surface area (TPSA) is 0 Å². The minimum absolute atomic E-state index is 0. The molecular weight excluding hydrogens is 590 g/mol. The fraction of sp³-hybridized carbons (Fsp3) is 0.500. The van der Waals surface area contributed by atoms with E-state index in [1.165, 1.54) is 91.2 Å². The highest BCUT2D eigenvalue weighted by molar-refractivity contribution is 14.0. The molecule has 1 unspecified atom stereocenters. The molecule has 2 aliphatic carbocycles. The molecule has 2 heteroatoms. The van der Waals surface area contributed by atoms with Crippen LogP contribution in [0, 0.1) is 18.8 Å². The Morgan fingerprint density at radius 1 is 0.579 bits per heavy atom. The Hall–Kier alpha value is -1.18. The van der Waals surface area contributed by atoms with Gasteiger partial charge in [-0.15, -0.1) is 24.0 Å². The van der Waals surface area contributed by atoms with Crippen molar-refractivity contribution in [3.8, 4) is 0 Å². The molecule has 1 atom stereocenters. The number of hydrogen-bond acceptors (Lipinski definition) is 0. The number of hydrogen-bond donors (Lipinski definition) is 0. The van der Waals surface area contributed by atoms with E-state index >= 15 is 0 Å². The monoisotopic (exact) mass is 640 g/mol. The van der Waals surface area contributed by atoms with Gasteiger partial charge >= 0.3 is 0 Å². The van der Waals surface area contributed by atoms with Gasteiger partial charge in [-0.1, -0.05) is 168 Å². The third-order valence-electron chi connectivity index (χ3n) is 8.54. The highest BCUT2D eigenvalue weighted by Crippen LogP contribution is 2.38. The summed E-state index contributed by atoms with van der Waals surface area (Å²) >= 11 is 0. The lowest BCUT2D eigenvalue weighted by molar-refractivity contribution is 0.196. The molecular formula is C36H50IP. The van der Waals surface area contributed by atoms with Crippen molar-refractivity contribution in [2.24, 2.45) is 11.8 Å². The number of halogens is 1. The standard InChI is InChI=1S/C24H27P.C12H22.HI/c1-3-4-6-9-21-14-18-24(19-15-21)25(22-10-7-5-8-11-22)23-16-12-20(2)13-17-23;1-3-7-11(8-4-1)12-9-5-2-6-10-12;/h5,7-8,10-19H,3-4,6,9H2,1-2H3;11-12H,1-10H2;1H.